The minimum atomic E-state index is 0.828. The molecule has 75 valence electrons. The number of carbonyl (C=O) groups excluding carboxylic acids is 1. The SMILES string of the molecule is CCCCCc1cccc(N[C]=O)c1. The summed E-state index contributed by atoms with van der Waals surface area (Å²) in [4.78, 5) is 10.1. The second-order valence-electron chi connectivity index (χ2n) is 3.38. The average Bonchev–Trinajstić information content (AvgIpc) is 2.19. The van der Waals surface area contributed by atoms with Crippen molar-refractivity contribution in [3.63, 3.8) is 0 Å². The third-order valence-corrected chi connectivity index (χ3v) is 2.19. The fourth-order valence-corrected chi connectivity index (χ4v) is 1.44. The number of hydrogen-bond donors (Lipinski definition) is 1. The fraction of sp³-hybridized carbons (Fsp3) is 0.417. The largest absolute Gasteiger partial charge is 0.318 e. The minimum Gasteiger partial charge on any atom is -0.318 e. The molecule has 0 aromatic heterocycles. The third kappa shape index (κ3) is 3.60. The van der Waals surface area contributed by atoms with Gasteiger partial charge in [-0.25, -0.2) is 0 Å². The van der Waals surface area contributed by atoms with E-state index in [1.165, 1.54) is 24.8 Å². The molecule has 0 saturated carbocycles. The van der Waals surface area contributed by atoms with Crippen molar-refractivity contribution in [3.05, 3.63) is 29.8 Å². The van der Waals surface area contributed by atoms with Crippen LogP contribution >= 0.6 is 0 Å². The van der Waals surface area contributed by atoms with Gasteiger partial charge in [0, 0.05) is 5.69 Å². The molecule has 0 atom stereocenters. The highest BCUT2D eigenvalue weighted by Gasteiger charge is 1.95. The molecule has 0 aliphatic heterocycles. The van der Waals surface area contributed by atoms with Crippen molar-refractivity contribution in [3.8, 4) is 0 Å². The molecule has 0 saturated heterocycles. The predicted molar refractivity (Wildman–Crippen MR) is 59.0 cm³/mol. The minimum absolute atomic E-state index is 0.828. The van der Waals surface area contributed by atoms with Crippen LogP contribution in [0.2, 0.25) is 0 Å². The molecule has 0 aliphatic rings. The lowest BCUT2D eigenvalue weighted by molar-refractivity contribution is 0.561. The van der Waals surface area contributed by atoms with Crippen molar-refractivity contribution in [1.82, 2.24) is 0 Å². The molecule has 1 aromatic rings. The van der Waals surface area contributed by atoms with Crippen LogP contribution in [0.5, 0.6) is 0 Å². The maximum atomic E-state index is 10.1. The summed E-state index contributed by atoms with van der Waals surface area (Å²) in [7, 11) is 0. The van der Waals surface area contributed by atoms with Crippen LogP contribution in [0.1, 0.15) is 31.7 Å². The van der Waals surface area contributed by atoms with Crippen LogP contribution < -0.4 is 5.32 Å². The van der Waals surface area contributed by atoms with Gasteiger partial charge in [-0.2, -0.15) is 0 Å². The van der Waals surface area contributed by atoms with Gasteiger partial charge in [0.15, 0.2) is 0 Å². The number of anilines is 1. The normalized spacial score (nSPS) is 9.79. The molecule has 0 unspecified atom stereocenters. The van der Waals surface area contributed by atoms with E-state index in [4.69, 9.17) is 0 Å². The van der Waals surface area contributed by atoms with Gasteiger partial charge in [0.25, 0.3) is 0 Å². The molecule has 1 aromatic carbocycles. The number of hydrogen-bond acceptors (Lipinski definition) is 1. The first kappa shape index (κ1) is 10.8. The van der Waals surface area contributed by atoms with E-state index in [1.807, 2.05) is 18.2 Å². The number of benzene rings is 1. The Labute approximate surface area is 85.3 Å². The number of aryl methyl sites for hydroxylation is 1. The Hall–Kier alpha value is -1.31. The molecule has 2 nitrogen and oxygen atoms in total. The lowest BCUT2D eigenvalue weighted by Gasteiger charge is -2.03. The molecule has 0 aliphatic carbocycles. The van der Waals surface area contributed by atoms with Gasteiger partial charge in [0.2, 0.25) is 0 Å². The van der Waals surface area contributed by atoms with E-state index in [1.54, 1.807) is 6.41 Å². The smallest absolute Gasteiger partial charge is 0.314 e. The molecular weight excluding hydrogens is 174 g/mol. The topological polar surface area (TPSA) is 29.1 Å². The summed E-state index contributed by atoms with van der Waals surface area (Å²) in [5.74, 6) is 0. The van der Waals surface area contributed by atoms with E-state index in [9.17, 15) is 4.79 Å². The van der Waals surface area contributed by atoms with E-state index < -0.39 is 0 Å². The number of nitrogens with one attached hydrogen (secondary N) is 1. The molecule has 1 rings (SSSR count). The average molecular weight is 190 g/mol. The molecule has 0 bridgehead atoms. The predicted octanol–water partition coefficient (Wildman–Crippen LogP) is 2.90. The zero-order chi connectivity index (χ0) is 10.2. The highest BCUT2D eigenvalue weighted by Crippen LogP contribution is 2.12. The Morgan fingerprint density at radius 1 is 1.36 bits per heavy atom. The molecule has 1 radical (unpaired) electrons. The van der Waals surface area contributed by atoms with Gasteiger partial charge in [-0.1, -0.05) is 31.9 Å². The van der Waals surface area contributed by atoms with Crippen molar-refractivity contribution in [2.75, 3.05) is 5.32 Å². The van der Waals surface area contributed by atoms with Crippen LogP contribution in [0.3, 0.4) is 0 Å². The third-order valence-electron chi connectivity index (χ3n) is 2.19. The number of rotatable bonds is 6. The van der Waals surface area contributed by atoms with Gasteiger partial charge in [-0.15, -0.1) is 0 Å². The molecule has 1 amide bonds. The fourth-order valence-electron chi connectivity index (χ4n) is 1.44. The summed E-state index contributed by atoms with van der Waals surface area (Å²) in [6.07, 6.45) is 6.47. The Bertz CT molecular complexity index is 283. The van der Waals surface area contributed by atoms with Crippen LogP contribution in [0, 0.1) is 0 Å². The van der Waals surface area contributed by atoms with Crippen LogP contribution in [0.4, 0.5) is 5.69 Å². The number of unbranched alkanes of at least 4 members (excludes halogenated alkanes) is 2. The molecule has 2 heteroatoms. The van der Waals surface area contributed by atoms with E-state index in [0.29, 0.717) is 0 Å². The van der Waals surface area contributed by atoms with Gasteiger partial charge in [0.05, 0.1) is 0 Å². The summed E-state index contributed by atoms with van der Waals surface area (Å²) >= 11 is 0. The van der Waals surface area contributed by atoms with E-state index in [2.05, 4.69) is 18.3 Å². The summed E-state index contributed by atoms with van der Waals surface area (Å²) in [6, 6.07) is 7.92. The summed E-state index contributed by atoms with van der Waals surface area (Å²) < 4.78 is 0. The molecule has 14 heavy (non-hydrogen) atoms. The highest BCUT2D eigenvalue weighted by atomic mass is 16.1. The van der Waals surface area contributed by atoms with Crippen LogP contribution in [0.15, 0.2) is 24.3 Å². The van der Waals surface area contributed by atoms with Crippen molar-refractivity contribution in [2.45, 2.75) is 32.6 Å². The molecule has 0 heterocycles. The quantitative estimate of drug-likeness (QED) is 0.542. The van der Waals surface area contributed by atoms with Gasteiger partial charge in [0.1, 0.15) is 0 Å². The first-order valence-electron chi connectivity index (χ1n) is 5.09. The van der Waals surface area contributed by atoms with Gasteiger partial charge < -0.3 is 5.32 Å². The Balaban J connectivity index is 2.50. The maximum Gasteiger partial charge on any atom is 0.314 e. The molecular formula is C12H16NO. The first-order valence-corrected chi connectivity index (χ1v) is 5.09. The first-order chi connectivity index (χ1) is 6.86. The molecule has 0 fully saturated rings. The monoisotopic (exact) mass is 190 g/mol. The van der Waals surface area contributed by atoms with Crippen molar-refractivity contribution in [1.29, 1.82) is 0 Å². The van der Waals surface area contributed by atoms with E-state index >= 15 is 0 Å². The van der Waals surface area contributed by atoms with Gasteiger partial charge >= 0.3 is 6.41 Å². The Kier molecular flexibility index (Phi) is 4.76. The molecule has 0 spiro atoms. The summed E-state index contributed by atoms with van der Waals surface area (Å²) in [5, 5.41) is 2.53. The zero-order valence-electron chi connectivity index (χ0n) is 8.55. The lowest BCUT2D eigenvalue weighted by Crippen LogP contribution is -1.94. The summed E-state index contributed by atoms with van der Waals surface area (Å²) in [5.41, 5.74) is 2.10. The lowest BCUT2D eigenvalue weighted by atomic mass is 10.1. The van der Waals surface area contributed by atoms with Crippen molar-refractivity contribution >= 4 is 12.1 Å². The second-order valence-corrected chi connectivity index (χ2v) is 3.38. The van der Waals surface area contributed by atoms with Gasteiger partial charge in [-0.3, -0.25) is 4.79 Å². The van der Waals surface area contributed by atoms with E-state index in [-0.39, 0.29) is 0 Å². The van der Waals surface area contributed by atoms with Crippen LogP contribution in [-0.2, 0) is 11.2 Å². The van der Waals surface area contributed by atoms with Gasteiger partial charge in [-0.05, 0) is 30.5 Å². The zero-order valence-corrected chi connectivity index (χ0v) is 8.55. The van der Waals surface area contributed by atoms with Crippen LogP contribution in [0.25, 0.3) is 0 Å². The molecule has 1 N–H and O–H groups in total. The number of amides is 1. The van der Waals surface area contributed by atoms with Crippen LogP contribution in [-0.4, -0.2) is 6.41 Å². The van der Waals surface area contributed by atoms with Crippen molar-refractivity contribution < 1.29 is 4.79 Å². The second kappa shape index (κ2) is 6.19. The van der Waals surface area contributed by atoms with Crippen molar-refractivity contribution in [2.24, 2.45) is 0 Å². The maximum absolute atomic E-state index is 10.1. The summed E-state index contributed by atoms with van der Waals surface area (Å²) in [6.45, 7) is 2.19. The Morgan fingerprint density at radius 3 is 2.93 bits per heavy atom. The highest BCUT2D eigenvalue weighted by molar-refractivity contribution is 5.71. The Morgan fingerprint density at radius 2 is 2.21 bits per heavy atom. The van der Waals surface area contributed by atoms with E-state index in [0.717, 1.165) is 12.1 Å². The standard InChI is InChI=1S/C12H16NO/c1-2-3-4-6-11-7-5-8-12(9-11)13-10-14/h5,7-9H,2-4,6H2,1H3,(H,13,14).